The normalized spacial score (nSPS) is 25.3. The van der Waals surface area contributed by atoms with Gasteiger partial charge in [-0.05, 0) is 38.0 Å². The summed E-state index contributed by atoms with van der Waals surface area (Å²) in [7, 11) is 1.67. The van der Waals surface area contributed by atoms with Crippen LogP contribution in [0.3, 0.4) is 0 Å². The molecule has 0 radical (unpaired) electrons. The predicted octanol–water partition coefficient (Wildman–Crippen LogP) is 2.14. The summed E-state index contributed by atoms with van der Waals surface area (Å²) < 4.78 is 4.95. The van der Waals surface area contributed by atoms with E-state index in [0.29, 0.717) is 25.3 Å². The van der Waals surface area contributed by atoms with Gasteiger partial charge in [0.15, 0.2) is 0 Å². The van der Waals surface area contributed by atoms with Gasteiger partial charge in [0, 0.05) is 20.3 Å². The van der Waals surface area contributed by atoms with Gasteiger partial charge in [-0.25, -0.2) is 9.59 Å². The van der Waals surface area contributed by atoms with Crippen LogP contribution in [-0.2, 0) is 9.53 Å². The van der Waals surface area contributed by atoms with E-state index < -0.39 is 11.5 Å². The van der Waals surface area contributed by atoms with Gasteiger partial charge in [-0.2, -0.15) is 0 Å². The molecule has 3 N–H and O–H groups in total. The van der Waals surface area contributed by atoms with Crippen LogP contribution in [0.15, 0.2) is 0 Å². The van der Waals surface area contributed by atoms with E-state index in [1.165, 1.54) is 0 Å². The lowest BCUT2D eigenvalue weighted by Gasteiger charge is -2.37. The molecule has 1 aliphatic rings. The highest BCUT2D eigenvalue weighted by atomic mass is 16.5. The van der Waals surface area contributed by atoms with Crippen molar-refractivity contribution in [1.29, 1.82) is 0 Å². The first-order chi connectivity index (χ1) is 10.00. The van der Waals surface area contributed by atoms with Gasteiger partial charge in [-0.15, -0.1) is 0 Å². The first-order valence-corrected chi connectivity index (χ1v) is 7.78. The van der Waals surface area contributed by atoms with Gasteiger partial charge < -0.3 is 20.5 Å². The van der Waals surface area contributed by atoms with E-state index in [0.717, 1.165) is 38.7 Å². The zero-order valence-electron chi connectivity index (χ0n) is 13.1. The maximum Gasteiger partial charge on any atom is 0.329 e. The zero-order valence-corrected chi connectivity index (χ0v) is 13.1. The minimum absolute atomic E-state index is 0.323. The van der Waals surface area contributed by atoms with Gasteiger partial charge in [0.05, 0.1) is 0 Å². The van der Waals surface area contributed by atoms with Crippen LogP contribution in [0.2, 0.25) is 0 Å². The highest BCUT2D eigenvalue weighted by Crippen LogP contribution is 2.32. The number of rotatable bonds is 8. The molecule has 0 aromatic carbocycles. The van der Waals surface area contributed by atoms with Crippen LogP contribution in [0, 0.1) is 5.92 Å². The summed E-state index contributed by atoms with van der Waals surface area (Å²) >= 11 is 0. The Kier molecular flexibility index (Phi) is 7.50. The monoisotopic (exact) mass is 300 g/mol. The molecule has 1 saturated carbocycles. The van der Waals surface area contributed by atoms with Gasteiger partial charge in [0.1, 0.15) is 5.54 Å². The molecule has 2 unspecified atom stereocenters. The minimum Gasteiger partial charge on any atom is -0.480 e. The van der Waals surface area contributed by atoms with Crippen LogP contribution in [0.1, 0.15) is 51.9 Å². The van der Waals surface area contributed by atoms with E-state index >= 15 is 0 Å². The van der Waals surface area contributed by atoms with Gasteiger partial charge in [-0.3, -0.25) is 0 Å². The number of ether oxygens (including phenoxy) is 1. The number of aliphatic carboxylic acids is 1. The number of hydrogen-bond acceptors (Lipinski definition) is 3. The Bertz CT molecular complexity index is 349. The van der Waals surface area contributed by atoms with Crippen LogP contribution in [0.5, 0.6) is 0 Å². The fourth-order valence-corrected chi connectivity index (χ4v) is 2.92. The molecule has 1 rings (SSSR count). The van der Waals surface area contributed by atoms with Crippen molar-refractivity contribution in [2.45, 2.75) is 57.4 Å². The van der Waals surface area contributed by atoms with Crippen molar-refractivity contribution >= 4 is 12.0 Å². The van der Waals surface area contributed by atoms with Crippen molar-refractivity contribution in [3.63, 3.8) is 0 Å². The molecule has 21 heavy (non-hydrogen) atoms. The third kappa shape index (κ3) is 5.91. The van der Waals surface area contributed by atoms with Gasteiger partial charge in [0.25, 0.3) is 0 Å². The van der Waals surface area contributed by atoms with E-state index in [1.54, 1.807) is 7.11 Å². The molecular formula is C15H28N2O4. The smallest absolute Gasteiger partial charge is 0.329 e. The molecule has 0 heterocycles. The lowest BCUT2D eigenvalue weighted by atomic mass is 9.76. The lowest BCUT2D eigenvalue weighted by Crippen LogP contribution is -2.59. The quantitative estimate of drug-likeness (QED) is 0.599. The Morgan fingerprint density at radius 1 is 1.33 bits per heavy atom. The number of carboxylic acids is 1. The molecule has 0 aromatic heterocycles. The van der Waals surface area contributed by atoms with E-state index in [4.69, 9.17) is 4.74 Å². The Morgan fingerprint density at radius 2 is 2.10 bits per heavy atom. The number of amides is 2. The summed E-state index contributed by atoms with van der Waals surface area (Å²) in [5.41, 5.74) is -1.10. The summed E-state index contributed by atoms with van der Waals surface area (Å²) in [5, 5.41) is 14.9. The Morgan fingerprint density at radius 3 is 2.71 bits per heavy atom. The van der Waals surface area contributed by atoms with E-state index in [2.05, 4.69) is 10.6 Å². The van der Waals surface area contributed by atoms with E-state index in [1.807, 2.05) is 6.92 Å². The summed E-state index contributed by atoms with van der Waals surface area (Å²) in [6, 6.07) is -0.377. The van der Waals surface area contributed by atoms with E-state index in [9.17, 15) is 14.7 Å². The molecule has 2 amide bonds. The van der Waals surface area contributed by atoms with Crippen LogP contribution in [0.25, 0.3) is 0 Å². The molecule has 2 atom stereocenters. The van der Waals surface area contributed by atoms with Gasteiger partial charge in [-0.1, -0.05) is 19.8 Å². The first-order valence-electron chi connectivity index (χ1n) is 7.78. The highest BCUT2D eigenvalue weighted by Gasteiger charge is 2.43. The second kappa shape index (κ2) is 8.87. The Labute approximate surface area is 126 Å². The average Bonchev–Trinajstić information content (AvgIpc) is 2.42. The fraction of sp³-hybridized carbons (Fsp3) is 0.867. The predicted molar refractivity (Wildman–Crippen MR) is 80.3 cm³/mol. The summed E-state index contributed by atoms with van der Waals surface area (Å²) in [5.74, 6) is -0.603. The summed E-state index contributed by atoms with van der Waals surface area (Å²) in [6.45, 7) is 3.32. The van der Waals surface area contributed by atoms with Crippen molar-refractivity contribution in [2.75, 3.05) is 20.3 Å². The van der Waals surface area contributed by atoms with Crippen molar-refractivity contribution < 1.29 is 19.4 Å². The fourth-order valence-electron chi connectivity index (χ4n) is 2.92. The van der Waals surface area contributed by atoms with Crippen LogP contribution >= 0.6 is 0 Å². The van der Waals surface area contributed by atoms with E-state index in [-0.39, 0.29) is 6.03 Å². The second-order valence-corrected chi connectivity index (χ2v) is 6.02. The van der Waals surface area contributed by atoms with Crippen molar-refractivity contribution in [1.82, 2.24) is 10.6 Å². The van der Waals surface area contributed by atoms with Gasteiger partial charge in [0.2, 0.25) is 0 Å². The molecule has 0 bridgehead atoms. The van der Waals surface area contributed by atoms with Crippen LogP contribution < -0.4 is 10.6 Å². The molecule has 122 valence electrons. The van der Waals surface area contributed by atoms with Crippen LogP contribution in [-0.4, -0.2) is 42.9 Å². The van der Waals surface area contributed by atoms with Crippen molar-refractivity contribution in [2.24, 2.45) is 5.92 Å². The Hall–Kier alpha value is -1.30. The zero-order chi connectivity index (χ0) is 15.7. The SMILES string of the molecule is COCCCCCNC(=O)NC1(C(=O)O)CCCC(C)C1. The molecule has 1 aliphatic carbocycles. The third-order valence-electron chi connectivity index (χ3n) is 4.07. The maximum absolute atomic E-state index is 11.9. The third-order valence-corrected chi connectivity index (χ3v) is 4.07. The number of carboxylic acid groups (broad SMARTS) is 1. The number of unbranched alkanes of at least 4 members (excludes halogenated alkanes) is 2. The summed E-state index contributed by atoms with van der Waals surface area (Å²) in [6.07, 6.45) is 5.69. The van der Waals surface area contributed by atoms with Crippen LogP contribution in [0.4, 0.5) is 4.79 Å². The number of urea groups is 1. The number of hydrogen-bond donors (Lipinski definition) is 3. The standard InChI is InChI=1S/C15H28N2O4/c1-12-7-6-8-15(11-12,13(18)19)17-14(20)16-9-4-3-5-10-21-2/h12H,3-11H2,1-2H3,(H,18,19)(H2,16,17,20). The molecule has 0 aliphatic heterocycles. The number of carbonyl (C=O) groups is 2. The second-order valence-electron chi connectivity index (χ2n) is 6.02. The molecule has 6 heteroatoms. The van der Waals surface area contributed by atoms with Crippen molar-refractivity contribution in [3.8, 4) is 0 Å². The highest BCUT2D eigenvalue weighted by molar-refractivity contribution is 5.86. The molecule has 6 nitrogen and oxygen atoms in total. The van der Waals surface area contributed by atoms with Crippen molar-refractivity contribution in [3.05, 3.63) is 0 Å². The largest absolute Gasteiger partial charge is 0.480 e. The maximum atomic E-state index is 11.9. The lowest BCUT2D eigenvalue weighted by molar-refractivity contribution is -0.146. The molecule has 0 spiro atoms. The molecule has 1 fully saturated rings. The number of carbonyl (C=O) groups excluding carboxylic acids is 1. The molecule has 0 aromatic rings. The molecule has 0 saturated heterocycles. The topological polar surface area (TPSA) is 87.7 Å². The molecular weight excluding hydrogens is 272 g/mol. The van der Waals surface area contributed by atoms with Gasteiger partial charge >= 0.3 is 12.0 Å². The summed E-state index contributed by atoms with van der Waals surface area (Å²) in [4.78, 5) is 23.5. The number of nitrogens with one attached hydrogen (secondary N) is 2. The average molecular weight is 300 g/mol. The Balaban J connectivity index is 2.34. The number of methoxy groups -OCH3 is 1. The first kappa shape index (κ1) is 17.8. The minimum atomic E-state index is -1.10.